The maximum absolute atomic E-state index is 12.8. The number of nitrogens with one attached hydrogen (secondary N) is 1. The molecule has 0 atom stereocenters. The Kier molecular flexibility index (Phi) is 6.04. The Hall–Kier alpha value is -4.10. The summed E-state index contributed by atoms with van der Waals surface area (Å²) < 4.78 is 5.85. The molecule has 0 aliphatic carbocycles. The first kappa shape index (κ1) is 20.8. The molecule has 0 fully saturated rings. The van der Waals surface area contributed by atoms with Crippen molar-refractivity contribution in [3.8, 4) is 11.5 Å². The maximum atomic E-state index is 12.8. The Balaban J connectivity index is 1.29. The van der Waals surface area contributed by atoms with Gasteiger partial charge >= 0.3 is 0 Å². The molecule has 5 rings (SSSR count). The van der Waals surface area contributed by atoms with Gasteiger partial charge in [-0.15, -0.1) is 10.2 Å². The summed E-state index contributed by atoms with van der Waals surface area (Å²) in [5, 5.41) is 12.6. The van der Waals surface area contributed by atoms with Crippen molar-refractivity contribution in [3.05, 3.63) is 103 Å². The van der Waals surface area contributed by atoms with Crippen LogP contribution in [0.1, 0.15) is 0 Å². The molecule has 0 radical (unpaired) electrons. The smallest absolute Gasteiger partial charge is 0.277 e. The summed E-state index contributed by atoms with van der Waals surface area (Å²) in [6.07, 6.45) is 0. The van der Waals surface area contributed by atoms with E-state index in [1.807, 2.05) is 103 Å². The van der Waals surface area contributed by atoms with Gasteiger partial charge in [0.05, 0.1) is 17.1 Å². The van der Waals surface area contributed by atoms with Gasteiger partial charge in [-0.25, -0.2) is 0 Å². The quantitative estimate of drug-likeness (QED) is 0.247. The van der Waals surface area contributed by atoms with E-state index in [2.05, 4.69) is 15.6 Å². The molecule has 162 valence electrons. The van der Waals surface area contributed by atoms with E-state index in [-0.39, 0.29) is 11.7 Å². The number of hydrogen-bond donors (Lipinski definition) is 1. The van der Waals surface area contributed by atoms with E-state index >= 15 is 0 Å². The van der Waals surface area contributed by atoms with Crippen LogP contribution in [0.2, 0.25) is 0 Å². The zero-order valence-corrected chi connectivity index (χ0v) is 18.4. The molecule has 1 heterocycles. The molecule has 0 bridgehead atoms. The average Bonchev–Trinajstić information content (AvgIpc) is 3.36. The molecule has 1 N–H and O–H groups in total. The molecule has 7 heteroatoms. The molecule has 0 aliphatic rings. The number of hydrazine groups is 1. The van der Waals surface area contributed by atoms with E-state index in [0.29, 0.717) is 11.1 Å². The number of carbonyl (C=O) groups is 1. The van der Waals surface area contributed by atoms with E-state index in [1.165, 1.54) is 11.8 Å². The van der Waals surface area contributed by atoms with Crippen LogP contribution in [0.25, 0.3) is 22.2 Å². The Morgan fingerprint density at radius 2 is 1.42 bits per heavy atom. The minimum Gasteiger partial charge on any atom is -0.411 e. The lowest BCUT2D eigenvalue weighted by atomic mass is 10.0. The van der Waals surface area contributed by atoms with Crippen molar-refractivity contribution in [1.29, 1.82) is 0 Å². The number of carbonyl (C=O) groups excluding carboxylic acids is 1. The van der Waals surface area contributed by atoms with Crippen LogP contribution in [0.4, 0.5) is 11.4 Å². The summed E-state index contributed by atoms with van der Waals surface area (Å²) in [7, 11) is 0. The Morgan fingerprint density at radius 3 is 2.15 bits per heavy atom. The topological polar surface area (TPSA) is 71.3 Å². The van der Waals surface area contributed by atoms with Gasteiger partial charge in [-0.1, -0.05) is 84.6 Å². The predicted molar refractivity (Wildman–Crippen MR) is 131 cm³/mol. The molecule has 0 unspecified atom stereocenters. The van der Waals surface area contributed by atoms with Gasteiger partial charge < -0.3 is 4.42 Å². The minimum atomic E-state index is -0.183. The summed E-state index contributed by atoms with van der Waals surface area (Å²) in [4.78, 5) is 12.8. The second-order valence-corrected chi connectivity index (χ2v) is 8.16. The van der Waals surface area contributed by atoms with Crippen LogP contribution in [0.3, 0.4) is 0 Å². The van der Waals surface area contributed by atoms with Crippen LogP contribution >= 0.6 is 11.8 Å². The van der Waals surface area contributed by atoms with Crippen LogP contribution in [0.5, 0.6) is 0 Å². The van der Waals surface area contributed by atoms with Crippen LogP contribution in [-0.4, -0.2) is 21.9 Å². The van der Waals surface area contributed by atoms with Crippen LogP contribution < -0.4 is 10.4 Å². The highest BCUT2D eigenvalue weighted by Gasteiger charge is 2.16. The summed E-state index contributed by atoms with van der Waals surface area (Å²) in [6.45, 7) is 0. The SMILES string of the molecule is O=C(CSc1nnc(-c2cccc3ccccc23)o1)NN(c1ccccc1)c1ccccc1. The molecule has 0 spiro atoms. The number of para-hydroxylation sites is 2. The van der Waals surface area contributed by atoms with Crippen molar-refractivity contribution in [3.63, 3.8) is 0 Å². The summed E-state index contributed by atoms with van der Waals surface area (Å²) >= 11 is 1.20. The van der Waals surface area contributed by atoms with Crippen molar-refractivity contribution in [1.82, 2.24) is 15.6 Å². The van der Waals surface area contributed by atoms with Crippen LogP contribution in [0, 0.1) is 0 Å². The fourth-order valence-electron chi connectivity index (χ4n) is 3.51. The van der Waals surface area contributed by atoms with Crippen molar-refractivity contribution in [2.75, 3.05) is 10.8 Å². The summed E-state index contributed by atoms with van der Waals surface area (Å²) in [6, 6.07) is 33.4. The van der Waals surface area contributed by atoms with E-state index in [1.54, 1.807) is 5.01 Å². The van der Waals surface area contributed by atoms with Gasteiger partial charge in [0.25, 0.3) is 5.22 Å². The highest BCUT2D eigenvalue weighted by atomic mass is 32.2. The molecule has 4 aromatic carbocycles. The number of rotatable bonds is 7. The first-order chi connectivity index (χ1) is 16.3. The molecule has 5 aromatic rings. The van der Waals surface area contributed by atoms with Gasteiger partial charge in [-0.2, -0.15) is 0 Å². The number of hydrogen-bond acceptors (Lipinski definition) is 6. The van der Waals surface area contributed by atoms with Gasteiger partial charge in [-0.3, -0.25) is 15.2 Å². The first-order valence-corrected chi connectivity index (χ1v) is 11.4. The Bertz CT molecular complexity index is 1330. The number of benzene rings is 4. The highest BCUT2D eigenvalue weighted by Crippen LogP contribution is 2.29. The predicted octanol–water partition coefficient (Wildman–Crippen LogP) is 5.85. The monoisotopic (exact) mass is 452 g/mol. The molecular weight excluding hydrogens is 432 g/mol. The molecule has 0 saturated carbocycles. The molecule has 33 heavy (non-hydrogen) atoms. The zero-order chi connectivity index (χ0) is 22.5. The number of fused-ring (bicyclic) bond motifs is 1. The third-order valence-electron chi connectivity index (χ3n) is 5.02. The van der Waals surface area contributed by atoms with Gasteiger partial charge in [0.1, 0.15) is 0 Å². The minimum absolute atomic E-state index is 0.132. The summed E-state index contributed by atoms with van der Waals surface area (Å²) in [5.74, 6) is 0.385. The third kappa shape index (κ3) is 4.73. The van der Waals surface area contributed by atoms with Gasteiger partial charge in [0.15, 0.2) is 0 Å². The largest absolute Gasteiger partial charge is 0.411 e. The van der Waals surface area contributed by atoms with E-state index in [0.717, 1.165) is 27.7 Å². The normalized spacial score (nSPS) is 10.8. The number of aromatic nitrogens is 2. The number of amides is 1. The molecule has 0 aliphatic heterocycles. The lowest BCUT2D eigenvalue weighted by Gasteiger charge is -2.25. The molecule has 1 amide bonds. The molecule has 6 nitrogen and oxygen atoms in total. The first-order valence-electron chi connectivity index (χ1n) is 10.4. The van der Waals surface area contributed by atoms with Crippen molar-refractivity contribution in [2.24, 2.45) is 0 Å². The lowest BCUT2D eigenvalue weighted by Crippen LogP contribution is -2.39. The van der Waals surface area contributed by atoms with Crippen molar-refractivity contribution >= 4 is 39.8 Å². The van der Waals surface area contributed by atoms with E-state index < -0.39 is 0 Å². The second kappa shape index (κ2) is 9.58. The lowest BCUT2D eigenvalue weighted by molar-refractivity contribution is -0.118. The van der Waals surface area contributed by atoms with E-state index in [9.17, 15) is 4.79 Å². The molecule has 1 aromatic heterocycles. The zero-order valence-electron chi connectivity index (χ0n) is 17.6. The summed E-state index contributed by atoms with van der Waals surface area (Å²) in [5.41, 5.74) is 5.56. The second-order valence-electron chi connectivity index (χ2n) is 7.23. The average molecular weight is 453 g/mol. The van der Waals surface area contributed by atoms with Gasteiger partial charge in [0, 0.05) is 5.56 Å². The fourth-order valence-corrected chi connectivity index (χ4v) is 4.06. The number of thioether (sulfide) groups is 1. The number of nitrogens with zero attached hydrogens (tertiary/aromatic N) is 3. The highest BCUT2D eigenvalue weighted by molar-refractivity contribution is 7.99. The van der Waals surface area contributed by atoms with Crippen LogP contribution in [-0.2, 0) is 4.79 Å². The fraction of sp³-hybridized carbons (Fsp3) is 0.0385. The maximum Gasteiger partial charge on any atom is 0.277 e. The Morgan fingerprint density at radius 1 is 0.788 bits per heavy atom. The molecule has 0 saturated heterocycles. The van der Waals surface area contributed by atoms with Gasteiger partial charge in [-0.05, 0) is 41.1 Å². The van der Waals surface area contributed by atoms with Crippen molar-refractivity contribution in [2.45, 2.75) is 5.22 Å². The Labute approximate surface area is 195 Å². The van der Waals surface area contributed by atoms with Crippen LogP contribution in [0.15, 0.2) is 113 Å². The standard InChI is InChI=1S/C26H20N4O2S/c31-24(29-30(20-12-3-1-4-13-20)21-14-5-2-6-15-21)18-33-26-28-27-25(32-26)23-17-9-11-19-10-7-8-16-22(19)23/h1-17H,18H2,(H,29,31). The van der Waals surface area contributed by atoms with Gasteiger partial charge in [0.2, 0.25) is 11.8 Å². The number of anilines is 2. The van der Waals surface area contributed by atoms with Crippen molar-refractivity contribution < 1.29 is 9.21 Å². The molecular formula is C26H20N4O2S. The van der Waals surface area contributed by atoms with E-state index in [4.69, 9.17) is 4.42 Å². The third-order valence-corrected chi connectivity index (χ3v) is 5.84.